The fraction of sp³-hybridized carbons (Fsp3) is 0.778. The second-order valence-electron chi connectivity index (χ2n) is 3.93. The summed E-state index contributed by atoms with van der Waals surface area (Å²) in [6.07, 6.45) is 5.99. The highest BCUT2D eigenvalue weighted by Crippen LogP contribution is 2.49. The minimum atomic E-state index is -3.38. The molecule has 82 valence electrons. The highest BCUT2D eigenvalue weighted by atomic mass is 127. The predicted molar refractivity (Wildman–Crippen MR) is 66.9 cm³/mol. The van der Waals surface area contributed by atoms with Gasteiger partial charge in [-0.2, -0.15) is 0 Å². The van der Waals surface area contributed by atoms with Crippen LogP contribution < -0.4 is 5.14 Å². The molecule has 0 aromatic heterocycles. The monoisotopic (exact) mass is 329 g/mol. The molecule has 1 atom stereocenters. The van der Waals surface area contributed by atoms with Crippen molar-refractivity contribution in [3.8, 4) is 0 Å². The first kappa shape index (κ1) is 12.4. The number of allylic oxidation sites excluding steroid dienone is 1. The summed E-state index contributed by atoms with van der Waals surface area (Å²) in [6, 6.07) is 0. The number of rotatable bonds is 6. The lowest BCUT2D eigenvalue weighted by molar-refractivity contribution is 0.560. The maximum atomic E-state index is 11.3. The molecule has 0 aromatic carbocycles. The number of hydrogen-bond acceptors (Lipinski definition) is 2. The van der Waals surface area contributed by atoms with Gasteiger partial charge in [-0.25, -0.2) is 13.6 Å². The predicted octanol–water partition coefficient (Wildman–Crippen LogP) is 1.97. The third kappa shape index (κ3) is 3.86. The first-order valence-corrected chi connectivity index (χ1v) is 7.38. The number of alkyl halides is 1. The van der Waals surface area contributed by atoms with E-state index in [0.717, 1.165) is 12.8 Å². The number of sulfonamides is 1. The van der Waals surface area contributed by atoms with Gasteiger partial charge in [0.25, 0.3) is 0 Å². The minimum Gasteiger partial charge on any atom is -0.228 e. The molecule has 2 N–H and O–H groups in total. The lowest BCUT2D eigenvalue weighted by Crippen LogP contribution is -2.31. The van der Waals surface area contributed by atoms with Gasteiger partial charge >= 0.3 is 0 Å². The van der Waals surface area contributed by atoms with E-state index in [1.54, 1.807) is 6.08 Å². The van der Waals surface area contributed by atoms with Gasteiger partial charge < -0.3 is 0 Å². The Balaban J connectivity index is 2.57. The summed E-state index contributed by atoms with van der Waals surface area (Å²) in [5, 5.41) is 4.80. The van der Waals surface area contributed by atoms with E-state index in [0.29, 0.717) is 19.3 Å². The minimum absolute atomic E-state index is 0.204. The van der Waals surface area contributed by atoms with Gasteiger partial charge in [-0.3, -0.25) is 0 Å². The second kappa shape index (κ2) is 4.49. The normalized spacial score (nSPS) is 21.6. The molecule has 0 amide bonds. The van der Waals surface area contributed by atoms with E-state index >= 15 is 0 Å². The molecule has 0 saturated heterocycles. The Morgan fingerprint density at radius 1 is 1.57 bits per heavy atom. The van der Waals surface area contributed by atoms with Gasteiger partial charge in [0.2, 0.25) is 10.0 Å². The van der Waals surface area contributed by atoms with Crippen molar-refractivity contribution in [2.24, 2.45) is 5.14 Å². The molecule has 14 heavy (non-hydrogen) atoms. The molecule has 0 aliphatic heterocycles. The van der Waals surface area contributed by atoms with Gasteiger partial charge in [0.05, 0.1) is 5.25 Å². The van der Waals surface area contributed by atoms with Crippen LogP contribution in [0.25, 0.3) is 0 Å². The van der Waals surface area contributed by atoms with Crippen LogP contribution >= 0.6 is 22.6 Å². The van der Waals surface area contributed by atoms with Crippen LogP contribution in [-0.4, -0.2) is 17.1 Å². The fourth-order valence-electron chi connectivity index (χ4n) is 1.43. The Morgan fingerprint density at radius 3 is 2.50 bits per heavy atom. The van der Waals surface area contributed by atoms with Crippen LogP contribution in [0.1, 0.15) is 32.1 Å². The zero-order chi connectivity index (χ0) is 10.8. The van der Waals surface area contributed by atoms with E-state index in [1.807, 2.05) is 0 Å². The first-order valence-electron chi connectivity index (χ1n) is 4.69. The Morgan fingerprint density at radius 2 is 2.14 bits per heavy atom. The van der Waals surface area contributed by atoms with Gasteiger partial charge in [0.1, 0.15) is 0 Å². The number of nitrogens with two attached hydrogens (primary N) is 1. The smallest absolute Gasteiger partial charge is 0.212 e. The second-order valence-corrected chi connectivity index (χ2v) is 8.07. The largest absolute Gasteiger partial charge is 0.228 e. The van der Waals surface area contributed by atoms with Gasteiger partial charge in [-0.1, -0.05) is 28.7 Å². The number of primary sulfonamides is 1. The lowest BCUT2D eigenvalue weighted by Gasteiger charge is -2.16. The molecular formula is C9H16INO2S. The Hall–Kier alpha value is 0.380. The maximum Gasteiger partial charge on any atom is 0.212 e. The summed E-state index contributed by atoms with van der Waals surface area (Å²) >= 11 is 2.35. The van der Waals surface area contributed by atoms with E-state index in [1.165, 1.54) is 0 Å². The molecule has 1 unspecified atom stereocenters. The molecule has 0 spiro atoms. The van der Waals surface area contributed by atoms with Crippen molar-refractivity contribution in [2.75, 3.05) is 0 Å². The summed E-state index contributed by atoms with van der Waals surface area (Å²) in [5.74, 6) is 0. The summed E-state index contributed by atoms with van der Waals surface area (Å²) in [5.41, 5.74) is 0. The average molecular weight is 329 g/mol. The van der Waals surface area contributed by atoms with Crippen molar-refractivity contribution in [2.45, 2.75) is 40.8 Å². The van der Waals surface area contributed by atoms with E-state index in [4.69, 9.17) is 5.14 Å². The highest BCUT2D eigenvalue weighted by molar-refractivity contribution is 14.1. The summed E-state index contributed by atoms with van der Waals surface area (Å²) < 4.78 is 22.8. The average Bonchev–Trinajstić information content (AvgIpc) is 2.76. The van der Waals surface area contributed by atoms with Crippen molar-refractivity contribution in [3.05, 3.63) is 12.7 Å². The topological polar surface area (TPSA) is 60.2 Å². The molecule has 5 heteroatoms. The van der Waals surface area contributed by atoms with Gasteiger partial charge in [0, 0.05) is 3.42 Å². The van der Waals surface area contributed by atoms with Gasteiger partial charge in [-0.05, 0) is 32.1 Å². The number of hydrogen-bond donors (Lipinski definition) is 1. The molecule has 0 bridgehead atoms. The van der Waals surface area contributed by atoms with Crippen molar-refractivity contribution < 1.29 is 8.42 Å². The van der Waals surface area contributed by atoms with Crippen molar-refractivity contribution >= 4 is 32.6 Å². The zero-order valence-electron chi connectivity index (χ0n) is 8.08. The summed E-state index contributed by atoms with van der Waals surface area (Å²) in [7, 11) is -3.38. The van der Waals surface area contributed by atoms with E-state index in [9.17, 15) is 8.42 Å². The standard InChI is InChI=1S/C9H16INO2S/c1-2-3-4-8(14(11,12)13)7-9(10)5-6-9/h2,8H,1,3-7H2,(H2,11,12,13). The van der Waals surface area contributed by atoms with Crippen LogP contribution in [0.4, 0.5) is 0 Å². The van der Waals surface area contributed by atoms with Crippen molar-refractivity contribution in [3.63, 3.8) is 0 Å². The van der Waals surface area contributed by atoms with E-state index in [-0.39, 0.29) is 8.67 Å². The molecule has 1 fully saturated rings. The van der Waals surface area contributed by atoms with Crippen LogP contribution in [0.5, 0.6) is 0 Å². The Labute approximate surface area is 99.3 Å². The van der Waals surface area contributed by atoms with Crippen LogP contribution in [0, 0.1) is 0 Å². The summed E-state index contributed by atoms with van der Waals surface area (Å²) in [4.78, 5) is 0. The van der Waals surface area contributed by atoms with Crippen LogP contribution in [0.3, 0.4) is 0 Å². The highest BCUT2D eigenvalue weighted by Gasteiger charge is 2.43. The Bertz CT molecular complexity index is 309. The van der Waals surface area contributed by atoms with Gasteiger partial charge in [0.15, 0.2) is 0 Å². The molecule has 3 nitrogen and oxygen atoms in total. The van der Waals surface area contributed by atoms with Crippen LogP contribution in [0.2, 0.25) is 0 Å². The molecule has 0 radical (unpaired) electrons. The van der Waals surface area contributed by atoms with Gasteiger partial charge in [-0.15, -0.1) is 6.58 Å². The first-order chi connectivity index (χ1) is 6.37. The van der Waals surface area contributed by atoms with Crippen LogP contribution in [0.15, 0.2) is 12.7 Å². The molecule has 1 saturated carbocycles. The lowest BCUT2D eigenvalue weighted by atomic mass is 10.1. The van der Waals surface area contributed by atoms with Crippen LogP contribution in [-0.2, 0) is 10.0 Å². The summed E-state index contributed by atoms with van der Waals surface area (Å²) in [6.45, 7) is 3.59. The third-order valence-electron chi connectivity index (χ3n) is 2.54. The Kier molecular flexibility index (Phi) is 3.99. The van der Waals surface area contributed by atoms with Crippen molar-refractivity contribution in [1.82, 2.24) is 0 Å². The molecular weight excluding hydrogens is 313 g/mol. The molecule has 1 rings (SSSR count). The zero-order valence-corrected chi connectivity index (χ0v) is 11.1. The van der Waals surface area contributed by atoms with Crippen molar-refractivity contribution in [1.29, 1.82) is 0 Å². The SMILES string of the molecule is C=CCCC(CC1(I)CC1)S(N)(=O)=O. The fourth-order valence-corrected chi connectivity index (χ4v) is 3.55. The quantitative estimate of drug-likeness (QED) is 0.460. The maximum absolute atomic E-state index is 11.3. The van der Waals surface area contributed by atoms with E-state index < -0.39 is 10.0 Å². The molecule has 1 aliphatic rings. The molecule has 0 heterocycles. The number of halogens is 1. The molecule has 1 aliphatic carbocycles. The third-order valence-corrected chi connectivity index (χ3v) is 5.39. The van der Waals surface area contributed by atoms with E-state index in [2.05, 4.69) is 29.2 Å². The molecule has 0 aromatic rings.